The fraction of sp³-hybridized carbons (Fsp3) is 0.222. The molecule has 1 aromatic carbocycles. The first-order valence-corrected chi connectivity index (χ1v) is 6.31. The number of ether oxygens (including phenoxy) is 1. The van der Waals surface area contributed by atoms with E-state index in [4.69, 9.17) is 16.3 Å². The predicted molar refractivity (Wildman–Crippen MR) is 57.1 cm³/mol. The number of halogens is 1. The van der Waals surface area contributed by atoms with Gasteiger partial charge in [0.15, 0.2) is 0 Å². The molecule has 0 saturated carbocycles. The Hall–Kier alpha value is -1.27. The zero-order valence-electron chi connectivity index (χ0n) is 8.31. The minimum absolute atomic E-state index is 0.0469. The lowest BCUT2D eigenvalue weighted by atomic mass is 10.2. The molecule has 0 radical (unpaired) electrons. The summed E-state index contributed by atoms with van der Waals surface area (Å²) in [7, 11) is -2.43. The second kappa shape index (κ2) is 3.64. The predicted octanol–water partition coefficient (Wildman–Crippen LogP) is 1.04. The van der Waals surface area contributed by atoms with E-state index in [1.165, 1.54) is 25.3 Å². The molecule has 0 spiro atoms. The fourth-order valence-electron chi connectivity index (χ4n) is 1.58. The Morgan fingerprint density at radius 1 is 1.44 bits per heavy atom. The Balaban J connectivity index is 2.76. The van der Waals surface area contributed by atoms with Crippen LogP contribution < -0.4 is 4.74 Å². The molecular formula is C9H8ClNO4S. The van der Waals surface area contributed by atoms with Crippen LogP contribution in [0.2, 0.25) is 0 Å². The van der Waals surface area contributed by atoms with Crippen LogP contribution in [0.15, 0.2) is 23.1 Å². The fourth-order valence-corrected chi connectivity index (χ4v) is 3.44. The molecule has 0 unspecified atom stereocenters. The summed E-state index contributed by atoms with van der Waals surface area (Å²) in [5.74, 6) is -0.416. The van der Waals surface area contributed by atoms with Crippen LogP contribution in [-0.2, 0) is 10.0 Å². The van der Waals surface area contributed by atoms with E-state index in [-0.39, 0.29) is 16.2 Å². The molecule has 1 aliphatic rings. The second-order valence-electron chi connectivity index (χ2n) is 3.11. The van der Waals surface area contributed by atoms with Gasteiger partial charge in [0.25, 0.3) is 15.9 Å². The molecular weight excluding hydrogens is 254 g/mol. The van der Waals surface area contributed by atoms with E-state index in [1.54, 1.807) is 0 Å². The van der Waals surface area contributed by atoms with E-state index < -0.39 is 21.9 Å². The minimum atomic E-state index is -3.81. The smallest absolute Gasteiger partial charge is 0.273 e. The lowest BCUT2D eigenvalue weighted by Gasteiger charge is -2.09. The number of methoxy groups -OCH3 is 1. The molecule has 0 aliphatic carbocycles. The number of hydrogen-bond acceptors (Lipinski definition) is 4. The van der Waals surface area contributed by atoms with Gasteiger partial charge in [-0.15, -0.1) is 11.6 Å². The summed E-state index contributed by atoms with van der Waals surface area (Å²) in [6.07, 6.45) is 0. The molecule has 1 heterocycles. The molecule has 16 heavy (non-hydrogen) atoms. The number of amides is 1. The Bertz CT molecular complexity index is 555. The van der Waals surface area contributed by atoms with E-state index in [9.17, 15) is 13.2 Å². The molecule has 86 valence electrons. The number of rotatable bonds is 2. The van der Waals surface area contributed by atoms with Gasteiger partial charge in [-0.05, 0) is 12.1 Å². The van der Waals surface area contributed by atoms with Crippen molar-refractivity contribution < 1.29 is 17.9 Å². The summed E-state index contributed by atoms with van der Waals surface area (Å²) in [5.41, 5.74) is 0.0469. The Morgan fingerprint density at radius 3 is 2.69 bits per heavy atom. The maximum atomic E-state index is 11.9. The standard InChI is InChI=1S/C9H8ClNO4S/c1-15-6-3-2-4-7-8(6)9(12)11(5-10)16(7,13)14/h2-4H,5H2,1H3. The SMILES string of the molecule is COc1cccc2c1C(=O)N(CCl)S2(=O)=O. The van der Waals surface area contributed by atoms with Crippen molar-refractivity contribution in [2.24, 2.45) is 0 Å². The van der Waals surface area contributed by atoms with Crippen molar-refractivity contribution >= 4 is 27.5 Å². The largest absolute Gasteiger partial charge is 0.496 e. The molecule has 1 amide bonds. The highest BCUT2D eigenvalue weighted by molar-refractivity contribution is 7.90. The summed E-state index contributed by atoms with van der Waals surface area (Å²) < 4.78 is 29.3. The van der Waals surface area contributed by atoms with E-state index >= 15 is 0 Å². The van der Waals surface area contributed by atoms with Crippen LogP contribution in [-0.4, -0.2) is 31.7 Å². The number of carbonyl (C=O) groups excluding carboxylic acids is 1. The van der Waals surface area contributed by atoms with Gasteiger partial charge in [0.2, 0.25) is 0 Å². The average molecular weight is 262 g/mol. The van der Waals surface area contributed by atoms with Crippen molar-refractivity contribution in [2.45, 2.75) is 4.90 Å². The van der Waals surface area contributed by atoms with Gasteiger partial charge >= 0.3 is 0 Å². The van der Waals surface area contributed by atoms with E-state index in [1.807, 2.05) is 0 Å². The Kier molecular flexibility index (Phi) is 2.55. The Morgan fingerprint density at radius 2 is 2.12 bits per heavy atom. The molecule has 0 fully saturated rings. The van der Waals surface area contributed by atoms with Gasteiger partial charge in [0.05, 0.1) is 7.11 Å². The highest BCUT2D eigenvalue weighted by Crippen LogP contribution is 2.35. The lowest BCUT2D eigenvalue weighted by molar-refractivity contribution is 0.0883. The van der Waals surface area contributed by atoms with Crippen LogP contribution >= 0.6 is 11.6 Å². The third kappa shape index (κ3) is 1.30. The van der Waals surface area contributed by atoms with Gasteiger partial charge < -0.3 is 4.74 Å². The zero-order chi connectivity index (χ0) is 11.9. The number of hydrogen-bond donors (Lipinski definition) is 0. The first-order chi connectivity index (χ1) is 7.54. The Labute approximate surface area is 97.6 Å². The maximum absolute atomic E-state index is 11.9. The topological polar surface area (TPSA) is 63.7 Å². The monoisotopic (exact) mass is 261 g/mol. The first kappa shape index (κ1) is 11.2. The highest BCUT2D eigenvalue weighted by Gasteiger charge is 2.42. The number of alkyl halides is 1. The first-order valence-electron chi connectivity index (χ1n) is 4.34. The number of carbonyl (C=O) groups is 1. The molecule has 7 heteroatoms. The van der Waals surface area contributed by atoms with Crippen LogP contribution in [0.3, 0.4) is 0 Å². The summed E-state index contributed by atoms with van der Waals surface area (Å²) in [6, 6.07) is 4.00. The summed E-state index contributed by atoms with van der Waals surface area (Å²) in [4.78, 5) is 11.7. The maximum Gasteiger partial charge on any atom is 0.273 e. The third-order valence-corrected chi connectivity index (χ3v) is 4.48. The van der Waals surface area contributed by atoms with Crippen LogP contribution in [0, 0.1) is 0 Å². The van der Waals surface area contributed by atoms with Crippen molar-refractivity contribution in [3.05, 3.63) is 23.8 Å². The van der Waals surface area contributed by atoms with E-state index in [0.717, 1.165) is 0 Å². The van der Waals surface area contributed by atoms with E-state index in [0.29, 0.717) is 4.31 Å². The molecule has 0 N–H and O–H groups in total. The van der Waals surface area contributed by atoms with E-state index in [2.05, 4.69) is 0 Å². The van der Waals surface area contributed by atoms with Gasteiger partial charge in [-0.2, -0.15) is 0 Å². The summed E-state index contributed by atoms with van der Waals surface area (Å²) >= 11 is 5.46. The van der Waals surface area contributed by atoms with Crippen molar-refractivity contribution in [3.8, 4) is 5.75 Å². The number of sulfonamides is 1. The highest BCUT2D eigenvalue weighted by atomic mass is 35.5. The molecule has 1 aromatic rings. The molecule has 1 aliphatic heterocycles. The quantitative estimate of drug-likeness (QED) is 0.589. The molecule has 2 rings (SSSR count). The summed E-state index contributed by atoms with van der Waals surface area (Å²) in [6.45, 7) is 0. The molecule has 0 bridgehead atoms. The van der Waals surface area contributed by atoms with Crippen LogP contribution in [0.4, 0.5) is 0 Å². The van der Waals surface area contributed by atoms with Gasteiger partial charge in [0.1, 0.15) is 22.2 Å². The van der Waals surface area contributed by atoms with Gasteiger partial charge in [-0.1, -0.05) is 6.07 Å². The van der Waals surface area contributed by atoms with Gasteiger partial charge in [-0.25, -0.2) is 12.7 Å². The van der Waals surface area contributed by atoms with Crippen molar-refractivity contribution in [1.29, 1.82) is 0 Å². The molecule has 0 aromatic heterocycles. The number of nitrogens with zero attached hydrogens (tertiary/aromatic N) is 1. The molecule has 0 saturated heterocycles. The van der Waals surface area contributed by atoms with Gasteiger partial charge in [0, 0.05) is 0 Å². The van der Waals surface area contributed by atoms with Gasteiger partial charge in [-0.3, -0.25) is 4.79 Å². The second-order valence-corrected chi connectivity index (χ2v) is 5.18. The average Bonchev–Trinajstić information content (AvgIpc) is 2.47. The van der Waals surface area contributed by atoms with Crippen molar-refractivity contribution in [1.82, 2.24) is 4.31 Å². The lowest BCUT2D eigenvalue weighted by Crippen LogP contribution is -2.28. The zero-order valence-corrected chi connectivity index (χ0v) is 9.88. The third-order valence-electron chi connectivity index (χ3n) is 2.32. The van der Waals surface area contributed by atoms with Crippen molar-refractivity contribution in [2.75, 3.05) is 13.1 Å². The number of fused-ring (bicyclic) bond motifs is 1. The van der Waals surface area contributed by atoms with Crippen LogP contribution in [0.5, 0.6) is 5.75 Å². The summed E-state index contributed by atoms with van der Waals surface area (Å²) in [5, 5.41) is 0. The number of benzene rings is 1. The van der Waals surface area contributed by atoms with Crippen molar-refractivity contribution in [3.63, 3.8) is 0 Å². The van der Waals surface area contributed by atoms with Crippen LogP contribution in [0.25, 0.3) is 0 Å². The molecule has 0 atom stereocenters. The molecule has 5 nitrogen and oxygen atoms in total. The normalized spacial score (nSPS) is 17.4. The van der Waals surface area contributed by atoms with Crippen LogP contribution in [0.1, 0.15) is 10.4 Å². The minimum Gasteiger partial charge on any atom is -0.496 e.